The van der Waals surface area contributed by atoms with Crippen LogP contribution in [0.5, 0.6) is 0 Å². The van der Waals surface area contributed by atoms with Crippen molar-refractivity contribution in [1.82, 2.24) is 0 Å². The van der Waals surface area contributed by atoms with E-state index in [2.05, 4.69) is 30.9 Å². The lowest BCUT2D eigenvalue weighted by Crippen LogP contribution is -1.86. The minimum Gasteiger partial charge on any atom is -0.206 e. The lowest BCUT2D eigenvalue weighted by atomic mass is 10.0. The van der Waals surface area contributed by atoms with Crippen LogP contribution in [-0.2, 0) is 6.42 Å². The fourth-order valence-electron chi connectivity index (χ4n) is 2.41. The molecule has 0 bridgehead atoms. The monoisotopic (exact) mass is 300 g/mol. The van der Waals surface area contributed by atoms with Crippen LogP contribution in [0.3, 0.4) is 0 Å². The molecule has 0 atom stereocenters. The summed E-state index contributed by atoms with van der Waals surface area (Å²) in [5.74, 6) is 5.86. The molecule has 0 saturated heterocycles. The minimum absolute atomic E-state index is 0.246. The van der Waals surface area contributed by atoms with Crippen molar-refractivity contribution >= 4 is 0 Å². The summed E-state index contributed by atoms with van der Waals surface area (Å²) in [6.07, 6.45) is 1.01. The summed E-state index contributed by atoms with van der Waals surface area (Å²) < 4.78 is 14.3. The summed E-state index contributed by atoms with van der Waals surface area (Å²) in [5.41, 5.74) is 4.38. The fraction of sp³-hybridized carbons (Fsp3) is 0.0909. The molecule has 0 N–H and O–H groups in total. The molecule has 3 aromatic carbocycles. The van der Waals surface area contributed by atoms with Gasteiger partial charge in [0.25, 0.3) is 0 Å². The van der Waals surface area contributed by atoms with Crippen molar-refractivity contribution in [3.63, 3.8) is 0 Å². The molecule has 0 aliphatic carbocycles. The van der Waals surface area contributed by atoms with Gasteiger partial charge in [-0.15, -0.1) is 0 Å². The van der Waals surface area contributed by atoms with Gasteiger partial charge in [-0.3, -0.25) is 0 Å². The lowest BCUT2D eigenvalue weighted by molar-refractivity contribution is 0.631. The fourth-order valence-corrected chi connectivity index (χ4v) is 2.41. The summed E-state index contributed by atoms with van der Waals surface area (Å²) in [5, 5.41) is 0. The molecule has 0 fully saturated rings. The summed E-state index contributed by atoms with van der Waals surface area (Å²) in [7, 11) is 0. The van der Waals surface area contributed by atoms with Crippen LogP contribution in [0.2, 0.25) is 0 Å². The van der Waals surface area contributed by atoms with Crippen LogP contribution in [0.25, 0.3) is 11.1 Å². The second-order valence-corrected chi connectivity index (χ2v) is 5.36. The van der Waals surface area contributed by atoms with Gasteiger partial charge >= 0.3 is 0 Å². The Balaban J connectivity index is 1.85. The second-order valence-electron chi connectivity index (χ2n) is 5.36. The number of rotatable bonds is 2. The Morgan fingerprint density at radius 1 is 0.783 bits per heavy atom. The average Bonchev–Trinajstić information content (AvgIpc) is 2.61. The van der Waals surface area contributed by atoms with Gasteiger partial charge in [0.1, 0.15) is 5.82 Å². The first-order valence-corrected chi connectivity index (χ1v) is 7.72. The van der Waals surface area contributed by atoms with E-state index >= 15 is 0 Å². The van der Waals surface area contributed by atoms with E-state index in [1.807, 2.05) is 48.5 Å². The second kappa shape index (κ2) is 6.94. The molecule has 1 heteroatoms. The summed E-state index contributed by atoms with van der Waals surface area (Å²) in [6, 6.07) is 22.8. The van der Waals surface area contributed by atoms with E-state index in [0.29, 0.717) is 11.1 Å². The van der Waals surface area contributed by atoms with Gasteiger partial charge in [0.15, 0.2) is 0 Å². The largest absolute Gasteiger partial charge is 0.206 e. The lowest BCUT2D eigenvalue weighted by Gasteiger charge is -2.03. The van der Waals surface area contributed by atoms with Crippen LogP contribution in [0.4, 0.5) is 4.39 Å². The predicted molar refractivity (Wildman–Crippen MR) is 93.6 cm³/mol. The maximum atomic E-state index is 14.3. The van der Waals surface area contributed by atoms with Gasteiger partial charge in [-0.1, -0.05) is 67.3 Å². The van der Waals surface area contributed by atoms with Gasteiger partial charge in [-0.25, -0.2) is 4.39 Å². The van der Waals surface area contributed by atoms with Crippen LogP contribution in [-0.4, -0.2) is 0 Å². The molecule has 0 spiro atoms. The third kappa shape index (κ3) is 3.67. The van der Waals surface area contributed by atoms with Crippen LogP contribution in [0.1, 0.15) is 23.6 Å². The molecule has 3 aromatic rings. The summed E-state index contributed by atoms with van der Waals surface area (Å²) in [4.78, 5) is 0. The molecule has 0 saturated carbocycles. The smallest absolute Gasteiger partial charge is 0.132 e. The van der Waals surface area contributed by atoms with E-state index in [1.165, 1.54) is 11.6 Å². The van der Waals surface area contributed by atoms with Gasteiger partial charge < -0.3 is 0 Å². The minimum atomic E-state index is -0.246. The molecule has 0 aliphatic rings. The van der Waals surface area contributed by atoms with Gasteiger partial charge in [0.05, 0.1) is 0 Å². The molecule has 23 heavy (non-hydrogen) atoms. The number of hydrogen-bond acceptors (Lipinski definition) is 0. The highest BCUT2D eigenvalue weighted by Crippen LogP contribution is 2.23. The summed E-state index contributed by atoms with van der Waals surface area (Å²) >= 11 is 0. The van der Waals surface area contributed by atoms with Crippen LogP contribution in [0.15, 0.2) is 72.8 Å². The molecule has 112 valence electrons. The number of hydrogen-bond donors (Lipinski definition) is 0. The zero-order valence-electron chi connectivity index (χ0n) is 13.0. The number of aryl methyl sites for hydroxylation is 1. The van der Waals surface area contributed by atoms with Crippen molar-refractivity contribution < 1.29 is 4.39 Å². The SMILES string of the molecule is CCc1ccc(C#Cc2ccc(-c3ccccc3)c(F)c2)cc1. The maximum Gasteiger partial charge on any atom is 0.132 e. The van der Waals surface area contributed by atoms with Crippen molar-refractivity contribution in [3.8, 4) is 23.0 Å². The molecule has 0 heterocycles. The van der Waals surface area contributed by atoms with Crippen LogP contribution in [0, 0.1) is 17.7 Å². The highest BCUT2D eigenvalue weighted by atomic mass is 19.1. The standard InChI is InChI=1S/C22H17F/c1-2-17-8-10-18(11-9-17)12-13-19-14-15-21(22(23)16-19)20-6-4-3-5-7-20/h3-11,14-16H,2H2,1H3. The first-order valence-electron chi connectivity index (χ1n) is 7.72. The van der Waals surface area contributed by atoms with Crippen LogP contribution < -0.4 is 0 Å². The zero-order valence-corrected chi connectivity index (χ0v) is 13.0. The molecular formula is C22H17F. The summed E-state index contributed by atoms with van der Waals surface area (Å²) in [6.45, 7) is 2.12. The van der Waals surface area contributed by atoms with E-state index in [9.17, 15) is 4.39 Å². The Morgan fingerprint density at radius 2 is 1.43 bits per heavy atom. The van der Waals surface area contributed by atoms with Crippen LogP contribution >= 0.6 is 0 Å². The molecule has 0 aromatic heterocycles. The Labute approximate surface area is 136 Å². The quantitative estimate of drug-likeness (QED) is 0.552. The molecule has 0 aliphatic heterocycles. The zero-order chi connectivity index (χ0) is 16.1. The topological polar surface area (TPSA) is 0 Å². The van der Waals surface area contributed by atoms with Crippen molar-refractivity contribution in [2.24, 2.45) is 0 Å². The van der Waals surface area contributed by atoms with Gasteiger partial charge in [0.2, 0.25) is 0 Å². The molecular weight excluding hydrogens is 283 g/mol. The van der Waals surface area contributed by atoms with E-state index in [-0.39, 0.29) is 5.82 Å². The first-order chi connectivity index (χ1) is 11.3. The highest BCUT2D eigenvalue weighted by molar-refractivity contribution is 5.65. The number of halogens is 1. The Hall–Kier alpha value is -2.85. The number of benzene rings is 3. The van der Waals surface area contributed by atoms with Crippen molar-refractivity contribution in [2.45, 2.75) is 13.3 Å². The van der Waals surface area contributed by atoms with Crippen molar-refractivity contribution in [1.29, 1.82) is 0 Å². The maximum absolute atomic E-state index is 14.3. The Bertz CT molecular complexity index is 850. The third-order valence-corrected chi connectivity index (χ3v) is 3.77. The van der Waals surface area contributed by atoms with Gasteiger partial charge in [0, 0.05) is 16.7 Å². The molecule has 0 nitrogen and oxygen atoms in total. The van der Waals surface area contributed by atoms with Gasteiger partial charge in [-0.05, 0) is 41.8 Å². The third-order valence-electron chi connectivity index (χ3n) is 3.77. The normalized spacial score (nSPS) is 10.0. The van der Waals surface area contributed by atoms with Crippen molar-refractivity contribution in [3.05, 3.63) is 95.3 Å². The molecule has 0 radical (unpaired) electrons. The molecule has 3 rings (SSSR count). The first kappa shape index (κ1) is 15.1. The highest BCUT2D eigenvalue weighted by Gasteiger charge is 2.04. The van der Waals surface area contributed by atoms with E-state index in [1.54, 1.807) is 6.07 Å². The van der Waals surface area contributed by atoms with E-state index < -0.39 is 0 Å². The average molecular weight is 300 g/mol. The Kier molecular flexibility index (Phi) is 4.54. The van der Waals surface area contributed by atoms with Crippen molar-refractivity contribution in [2.75, 3.05) is 0 Å². The van der Waals surface area contributed by atoms with E-state index in [0.717, 1.165) is 17.5 Å². The van der Waals surface area contributed by atoms with Gasteiger partial charge in [-0.2, -0.15) is 0 Å². The Morgan fingerprint density at radius 3 is 2.09 bits per heavy atom. The predicted octanol–water partition coefficient (Wildman–Crippen LogP) is 5.45. The molecule has 0 amide bonds. The van der Waals surface area contributed by atoms with E-state index in [4.69, 9.17) is 0 Å². The molecule has 0 unspecified atom stereocenters.